The molecule has 0 radical (unpaired) electrons. The van der Waals surface area contributed by atoms with Gasteiger partial charge in [0.2, 0.25) is 5.91 Å². The number of halogens is 1. The number of rotatable bonds is 6. The average molecular weight is 359 g/mol. The van der Waals surface area contributed by atoms with Crippen molar-refractivity contribution in [2.24, 2.45) is 0 Å². The lowest BCUT2D eigenvalue weighted by molar-refractivity contribution is -0.122. The van der Waals surface area contributed by atoms with E-state index in [2.05, 4.69) is 22.3 Å². The first kappa shape index (κ1) is 17.8. The second-order valence-electron chi connectivity index (χ2n) is 6.31. The van der Waals surface area contributed by atoms with E-state index in [-0.39, 0.29) is 5.91 Å². The summed E-state index contributed by atoms with van der Waals surface area (Å²) in [5, 5.41) is 3.67. The van der Waals surface area contributed by atoms with Crippen molar-refractivity contribution >= 4 is 17.5 Å². The molecule has 0 saturated carbocycles. The van der Waals surface area contributed by atoms with Crippen LogP contribution in [0.15, 0.2) is 48.5 Å². The normalized spacial score (nSPS) is 17.4. The second-order valence-corrected chi connectivity index (χ2v) is 6.74. The lowest BCUT2D eigenvalue weighted by Gasteiger charge is -2.24. The summed E-state index contributed by atoms with van der Waals surface area (Å²) in [6.45, 7) is 1.86. The third kappa shape index (κ3) is 4.74. The van der Waals surface area contributed by atoms with E-state index in [1.54, 1.807) is 7.11 Å². The Morgan fingerprint density at radius 2 is 2.08 bits per heavy atom. The number of amides is 1. The summed E-state index contributed by atoms with van der Waals surface area (Å²) in [7, 11) is 1.67. The van der Waals surface area contributed by atoms with Gasteiger partial charge in [0.25, 0.3) is 0 Å². The largest absolute Gasteiger partial charge is 0.497 e. The summed E-state index contributed by atoms with van der Waals surface area (Å²) < 4.78 is 5.22. The van der Waals surface area contributed by atoms with Gasteiger partial charge >= 0.3 is 0 Å². The van der Waals surface area contributed by atoms with Gasteiger partial charge in [-0.15, -0.1) is 0 Å². The van der Waals surface area contributed by atoms with Crippen molar-refractivity contribution in [1.29, 1.82) is 0 Å². The number of benzene rings is 2. The molecule has 1 N–H and O–H groups in total. The summed E-state index contributed by atoms with van der Waals surface area (Å²) in [5.41, 5.74) is 2.25. The van der Waals surface area contributed by atoms with Crippen molar-refractivity contribution < 1.29 is 9.53 Å². The van der Waals surface area contributed by atoms with Crippen LogP contribution in [0.1, 0.15) is 30.0 Å². The SMILES string of the molecule is COc1ccc([C@@H]2CCCN2CC(=O)NCc2cccc(Cl)c2)cc1. The van der Waals surface area contributed by atoms with E-state index < -0.39 is 0 Å². The molecule has 132 valence electrons. The van der Waals surface area contributed by atoms with Gasteiger partial charge in [0.1, 0.15) is 5.75 Å². The van der Waals surface area contributed by atoms with E-state index in [0.29, 0.717) is 24.2 Å². The molecule has 2 aromatic rings. The van der Waals surface area contributed by atoms with Gasteiger partial charge in [0.05, 0.1) is 13.7 Å². The summed E-state index contributed by atoms with van der Waals surface area (Å²) in [6, 6.07) is 16.0. The Kier molecular flexibility index (Phi) is 5.95. The van der Waals surface area contributed by atoms with Crippen LogP contribution in [0.25, 0.3) is 0 Å². The molecule has 0 unspecified atom stereocenters. The number of hydrogen-bond donors (Lipinski definition) is 1. The molecule has 0 spiro atoms. The number of nitrogens with one attached hydrogen (secondary N) is 1. The minimum Gasteiger partial charge on any atom is -0.497 e. The molecule has 0 aliphatic carbocycles. The van der Waals surface area contributed by atoms with Crippen molar-refractivity contribution in [2.75, 3.05) is 20.2 Å². The smallest absolute Gasteiger partial charge is 0.234 e. The van der Waals surface area contributed by atoms with Gasteiger partial charge in [-0.2, -0.15) is 0 Å². The fourth-order valence-corrected chi connectivity index (χ4v) is 3.52. The maximum Gasteiger partial charge on any atom is 0.234 e. The molecule has 2 aromatic carbocycles. The Bertz CT molecular complexity index is 718. The molecule has 1 aliphatic heterocycles. The van der Waals surface area contributed by atoms with E-state index in [1.165, 1.54) is 5.56 Å². The van der Waals surface area contributed by atoms with Crippen LogP contribution in [0.3, 0.4) is 0 Å². The number of nitrogens with zero attached hydrogens (tertiary/aromatic N) is 1. The molecule has 1 saturated heterocycles. The Morgan fingerprint density at radius 3 is 2.80 bits per heavy atom. The second kappa shape index (κ2) is 8.37. The number of hydrogen-bond acceptors (Lipinski definition) is 3. The number of likely N-dealkylation sites (tertiary alicyclic amines) is 1. The van der Waals surface area contributed by atoms with Crippen molar-refractivity contribution in [3.05, 3.63) is 64.7 Å². The predicted octanol–water partition coefficient (Wildman–Crippen LogP) is 3.80. The van der Waals surface area contributed by atoms with Crippen LogP contribution in [0.2, 0.25) is 5.02 Å². The van der Waals surface area contributed by atoms with E-state index >= 15 is 0 Å². The number of ether oxygens (including phenoxy) is 1. The van der Waals surface area contributed by atoms with Gasteiger partial charge in [-0.1, -0.05) is 35.9 Å². The van der Waals surface area contributed by atoms with E-state index in [4.69, 9.17) is 16.3 Å². The van der Waals surface area contributed by atoms with Crippen molar-refractivity contribution in [3.8, 4) is 5.75 Å². The van der Waals surface area contributed by atoms with Gasteiger partial charge in [0.15, 0.2) is 0 Å². The maximum absolute atomic E-state index is 12.3. The zero-order valence-electron chi connectivity index (χ0n) is 14.4. The third-order valence-corrected chi connectivity index (χ3v) is 4.82. The first-order valence-electron chi connectivity index (χ1n) is 8.55. The maximum atomic E-state index is 12.3. The molecule has 1 heterocycles. The molecule has 4 nitrogen and oxygen atoms in total. The lowest BCUT2D eigenvalue weighted by atomic mass is 10.0. The van der Waals surface area contributed by atoms with Crippen LogP contribution in [0.4, 0.5) is 0 Å². The predicted molar refractivity (Wildman–Crippen MR) is 99.8 cm³/mol. The highest BCUT2D eigenvalue weighted by atomic mass is 35.5. The number of methoxy groups -OCH3 is 1. The lowest BCUT2D eigenvalue weighted by Crippen LogP contribution is -2.36. The minimum absolute atomic E-state index is 0.0420. The molecule has 1 amide bonds. The molecule has 5 heteroatoms. The van der Waals surface area contributed by atoms with Crippen LogP contribution >= 0.6 is 11.6 Å². The van der Waals surface area contributed by atoms with Gasteiger partial charge in [-0.05, 0) is 54.8 Å². The molecular formula is C20H23ClN2O2. The van der Waals surface area contributed by atoms with E-state index in [0.717, 1.165) is 30.7 Å². The highest BCUT2D eigenvalue weighted by molar-refractivity contribution is 6.30. The van der Waals surface area contributed by atoms with Gasteiger partial charge in [0, 0.05) is 17.6 Å². The molecule has 25 heavy (non-hydrogen) atoms. The fourth-order valence-electron chi connectivity index (χ4n) is 3.31. The fraction of sp³-hybridized carbons (Fsp3) is 0.350. The molecule has 1 fully saturated rings. The van der Waals surface area contributed by atoms with E-state index in [9.17, 15) is 4.79 Å². The Morgan fingerprint density at radius 1 is 1.28 bits per heavy atom. The Labute approximate surface area is 153 Å². The zero-order chi connectivity index (χ0) is 17.6. The Hall–Kier alpha value is -2.04. The summed E-state index contributed by atoms with van der Waals surface area (Å²) >= 11 is 5.98. The van der Waals surface area contributed by atoms with E-state index in [1.807, 2.05) is 36.4 Å². The number of carbonyl (C=O) groups is 1. The van der Waals surface area contributed by atoms with Gasteiger partial charge < -0.3 is 10.1 Å². The molecule has 0 bridgehead atoms. The minimum atomic E-state index is 0.0420. The highest BCUT2D eigenvalue weighted by Gasteiger charge is 2.27. The monoisotopic (exact) mass is 358 g/mol. The standard InChI is InChI=1S/C20H23ClN2O2/c1-25-18-9-7-16(8-10-18)19-6-3-11-23(19)14-20(24)22-13-15-4-2-5-17(21)12-15/h2,4-5,7-10,12,19H,3,6,11,13-14H2,1H3,(H,22,24)/t19-/m0/s1. The quantitative estimate of drug-likeness (QED) is 0.853. The topological polar surface area (TPSA) is 41.6 Å². The van der Waals surface area contributed by atoms with Crippen molar-refractivity contribution in [1.82, 2.24) is 10.2 Å². The van der Waals surface area contributed by atoms with Crippen molar-refractivity contribution in [2.45, 2.75) is 25.4 Å². The van der Waals surface area contributed by atoms with Gasteiger partial charge in [-0.25, -0.2) is 0 Å². The molecule has 1 aliphatic rings. The number of carbonyl (C=O) groups excluding carboxylic acids is 1. The van der Waals surface area contributed by atoms with Crippen LogP contribution in [0, 0.1) is 0 Å². The van der Waals surface area contributed by atoms with Crippen LogP contribution in [-0.4, -0.2) is 31.0 Å². The molecule has 3 rings (SSSR count). The van der Waals surface area contributed by atoms with Crippen LogP contribution < -0.4 is 10.1 Å². The zero-order valence-corrected chi connectivity index (χ0v) is 15.1. The summed E-state index contributed by atoms with van der Waals surface area (Å²) in [6.07, 6.45) is 2.19. The van der Waals surface area contributed by atoms with Gasteiger partial charge in [-0.3, -0.25) is 9.69 Å². The third-order valence-electron chi connectivity index (χ3n) is 4.59. The first-order valence-corrected chi connectivity index (χ1v) is 8.92. The molecule has 0 aromatic heterocycles. The average Bonchev–Trinajstić information content (AvgIpc) is 3.08. The highest BCUT2D eigenvalue weighted by Crippen LogP contribution is 2.32. The molecular weight excluding hydrogens is 336 g/mol. The van der Waals surface area contributed by atoms with Crippen molar-refractivity contribution in [3.63, 3.8) is 0 Å². The Balaban J connectivity index is 1.56. The first-order chi connectivity index (χ1) is 12.2. The summed E-state index contributed by atoms with van der Waals surface area (Å²) in [5.74, 6) is 0.896. The molecule has 1 atom stereocenters. The summed E-state index contributed by atoms with van der Waals surface area (Å²) in [4.78, 5) is 14.6. The van der Waals surface area contributed by atoms with Crippen LogP contribution in [0.5, 0.6) is 5.75 Å². The van der Waals surface area contributed by atoms with Crippen LogP contribution in [-0.2, 0) is 11.3 Å².